The van der Waals surface area contributed by atoms with Crippen molar-refractivity contribution in [2.45, 2.75) is 12.3 Å². The van der Waals surface area contributed by atoms with E-state index in [-0.39, 0.29) is 11.7 Å². The van der Waals surface area contributed by atoms with Gasteiger partial charge in [-0.1, -0.05) is 6.07 Å². The highest BCUT2D eigenvalue weighted by Gasteiger charge is 2.28. The van der Waals surface area contributed by atoms with Crippen LogP contribution in [0.1, 0.15) is 11.5 Å². The third-order valence-corrected chi connectivity index (χ3v) is 5.70. The zero-order chi connectivity index (χ0) is 20.9. The van der Waals surface area contributed by atoms with E-state index in [0.29, 0.717) is 12.4 Å². The first-order valence-corrected chi connectivity index (χ1v) is 11.5. The largest absolute Gasteiger partial charge is 0.464 e. The predicted octanol–water partition coefficient (Wildman–Crippen LogP) is 1.75. The van der Waals surface area contributed by atoms with Gasteiger partial charge < -0.3 is 19.5 Å². The van der Waals surface area contributed by atoms with Gasteiger partial charge in [-0.25, -0.2) is 4.98 Å². The fraction of sp³-hybridized carbons (Fsp3) is 0.389. The molecule has 9 nitrogen and oxygen atoms in total. The number of aromatic nitrogens is 1. The van der Waals surface area contributed by atoms with Crippen molar-refractivity contribution in [2.75, 3.05) is 38.3 Å². The molecule has 11 heteroatoms. The molecule has 0 saturated heterocycles. The summed E-state index contributed by atoms with van der Waals surface area (Å²) in [7, 11) is 1.83. The van der Waals surface area contributed by atoms with Gasteiger partial charge in [-0.15, -0.1) is 8.80 Å². The second-order valence-corrected chi connectivity index (χ2v) is 9.00. The van der Waals surface area contributed by atoms with Crippen molar-refractivity contribution in [3.8, 4) is 0 Å². The average molecular weight is 437 g/mol. The lowest BCUT2D eigenvalue weighted by atomic mass is 10.4. The highest BCUT2D eigenvalue weighted by atomic mass is 32.2. The molecule has 0 saturated carbocycles. The molecule has 1 aliphatic rings. The zero-order valence-electron chi connectivity index (χ0n) is 16.6. The van der Waals surface area contributed by atoms with Crippen LogP contribution in [-0.4, -0.2) is 63.4 Å². The Bertz CT molecular complexity index is 986. The zero-order valence-corrected chi connectivity index (χ0v) is 18.2. The molecule has 0 atom stereocenters. The average Bonchev–Trinajstić information content (AvgIpc) is 3.24. The number of hydrogen-bond donors (Lipinski definition) is 1. The van der Waals surface area contributed by atoms with Gasteiger partial charge in [-0.05, 0) is 38.4 Å². The highest BCUT2D eigenvalue weighted by Crippen LogP contribution is 2.17. The number of thioether (sulfide) groups is 1. The van der Waals surface area contributed by atoms with Gasteiger partial charge in [-0.2, -0.15) is 20.2 Å². The smallest absolute Gasteiger partial charge is 0.367 e. The number of furan rings is 1. The minimum absolute atomic E-state index is 0.227. The first-order valence-electron chi connectivity index (χ1n) is 8.98. The molecule has 0 bridgehead atoms. The number of amidine groups is 2. The van der Waals surface area contributed by atoms with Crippen LogP contribution >= 0.6 is 11.8 Å². The maximum Gasteiger partial charge on any atom is 0.367 e. The molecule has 0 aromatic carbocycles. The molecule has 0 unspecified atom stereocenters. The molecule has 0 radical (unpaired) electrons. The lowest BCUT2D eigenvalue weighted by molar-refractivity contribution is 0.344. The number of anilines is 1. The molecule has 2 aromatic rings. The molecule has 156 valence electrons. The van der Waals surface area contributed by atoms with E-state index in [2.05, 4.69) is 24.0 Å². The third-order valence-electron chi connectivity index (χ3n) is 3.90. The number of nitrogens with one attached hydrogen (secondary N) is 1. The van der Waals surface area contributed by atoms with Gasteiger partial charge in [0.2, 0.25) is 0 Å². The molecule has 0 spiro atoms. The van der Waals surface area contributed by atoms with Crippen molar-refractivity contribution in [3.05, 3.63) is 48.0 Å². The van der Waals surface area contributed by atoms with Crippen LogP contribution in [0.2, 0.25) is 0 Å². The second-order valence-electron chi connectivity index (χ2n) is 6.63. The minimum atomic E-state index is -3.87. The summed E-state index contributed by atoms with van der Waals surface area (Å²) in [4.78, 5) is 7.87. The predicted molar refractivity (Wildman–Crippen MR) is 117 cm³/mol. The lowest BCUT2D eigenvalue weighted by Crippen LogP contribution is -2.41. The normalized spacial score (nSPS) is 15.3. The molecule has 0 aliphatic carbocycles. The van der Waals surface area contributed by atoms with E-state index in [4.69, 9.17) is 4.42 Å². The van der Waals surface area contributed by atoms with Crippen LogP contribution in [0.25, 0.3) is 0 Å². The van der Waals surface area contributed by atoms with E-state index in [9.17, 15) is 8.42 Å². The van der Waals surface area contributed by atoms with E-state index in [0.717, 1.165) is 29.6 Å². The molecule has 2 aromatic heterocycles. The van der Waals surface area contributed by atoms with Gasteiger partial charge in [0.25, 0.3) is 0 Å². The quantitative estimate of drug-likeness (QED) is 0.624. The summed E-state index contributed by atoms with van der Waals surface area (Å²) in [5, 5.41) is 3.07. The second kappa shape index (κ2) is 9.42. The van der Waals surface area contributed by atoms with Crippen LogP contribution in [0.3, 0.4) is 0 Å². The maximum atomic E-state index is 11.9. The Labute approximate surface area is 175 Å². The lowest BCUT2D eigenvalue weighted by Gasteiger charge is -2.18. The van der Waals surface area contributed by atoms with Crippen molar-refractivity contribution in [2.24, 2.45) is 8.80 Å². The first-order chi connectivity index (χ1) is 13.8. The fourth-order valence-corrected chi connectivity index (χ4v) is 4.22. The first kappa shape index (κ1) is 21.3. The highest BCUT2D eigenvalue weighted by molar-refractivity contribution is 7.98. The van der Waals surface area contributed by atoms with Crippen molar-refractivity contribution in [1.29, 1.82) is 0 Å². The maximum absolute atomic E-state index is 11.9. The molecular weight excluding hydrogens is 412 g/mol. The Morgan fingerprint density at radius 2 is 1.90 bits per heavy atom. The Hall–Kier alpha value is -2.37. The summed E-state index contributed by atoms with van der Waals surface area (Å²) >= 11 is 1.69. The van der Waals surface area contributed by atoms with Crippen molar-refractivity contribution in [1.82, 2.24) is 15.2 Å². The molecule has 1 aliphatic heterocycles. The summed E-state index contributed by atoms with van der Waals surface area (Å²) in [5.74, 6) is 4.40. The number of nitrogens with zero attached hydrogens (tertiary/aromatic N) is 5. The van der Waals surface area contributed by atoms with Crippen LogP contribution in [-0.2, 0) is 22.5 Å². The van der Waals surface area contributed by atoms with Crippen LogP contribution in [0.5, 0.6) is 0 Å². The topological polar surface area (TPSA) is 103 Å². The van der Waals surface area contributed by atoms with Gasteiger partial charge in [0.1, 0.15) is 17.3 Å². The Balaban J connectivity index is 1.50. The molecule has 0 amide bonds. The minimum Gasteiger partial charge on any atom is -0.464 e. The summed E-state index contributed by atoms with van der Waals surface area (Å²) in [5.41, 5.74) is 0. The molecule has 29 heavy (non-hydrogen) atoms. The van der Waals surface area contributed by atoms with Crippen LogP contribution in [0.4, 0.5) is 5.82 Å². The SMILES string of the molecule is CN(C)Cc1ccc(CSCCNC2=NS(=O)(=O)N=C2N(C)c2ccccn2)o1. The van der Waals surface area contributed by atoms with E-state index in [1.807, 2.05) is 32.3 Å². The van der Waals surface area contributed by atoms with Gasteiger partial charge in [0.05, 0.1) is 12.3 Å². The monoisotopic (exact) mass is 436 g/mol. The van der Waals surface area contributed by atoms with Gasteiger partial charge >= 0.3 is 10.2 Å². The number of rotatable bonds is 8. The van der Waals surface area contributed by atoms with E-state index < -0.39 is 10.2 Å². The standard InChI is InChI=1S/C18H24N6O3S2/c1-23(2)12-14-7-8-15(27-14)13-28-11-10-20-17-18(22-29(25,26)21-17)24(3)16-6-4-5-9-19-16/h4-9H,10-13H2,1-3H3,(H,20,21). The Kier molecular flexibility index (Phi) is 6.93. The Morgan fingerprint density at radius 3 is 2.62 bits per heavy atom. The third kappa shape index (κ3) is 6.05. The number of likely N-dealkylation sites (N-methyl/N-ethyl adjacent to an activating group) is 1. The fourth-order valence-electron chi connectivity index (χ4n) is 2.63. The molecule has 1 N–H and O–H groups in total. The van der Waals surface area contributed by atoms with Gasteiger partial charge in [-0.3, -0.25) is 0 Å². The molecule has 0 fully saturated rings. The van der Waals surface area contributed by atoms with Crippen LogP contribution in [0.15, 0.2) is 49.7 Å². The number of pyridine rings is 1. The Morgan fingerprint density at radius 1 is 1.10 bits per heavy atom. The van der Waals surface area contributed by atoms with E-state index >= 15 is 0 Å². The van der Waals surface area contributed by atoms with Crippen LogP contribution in [0, 0.1) is 0 Å². The van der Waals surface area contributed by atoms with Crippen molar-refractivity contribution >= 4 is 39.5 Å². The molecular formula is C18H24N6O3S2. The van der Waals surface area contributed by atoms with Gasteiger partial charge in [0.15, 0.2) is 11.7 Å². The van der Waals surface area contributed by atoms with Crippen molar-refractivity contribution in [3.63, 3.8) is 0 Å². The summed E-state index contributed by atoms with van der Waals surface area (Å²) in [6, 6.07) is 9.36. The van der Waals surface area contributed by atoms with Gasteiger partial charge in [0, 0.05) is 25.5 Å². The molecule has 3 rings (SSSR count). The summed E-state index contributed by atoms with van der Waals surface area (Å²) in [6.45, 7) is 1.31. The molecule has 3 heterocycles. The van der Waals surface area contributed by atoms with E-state index in [1.54, 1.807) is 42.0 Å². The summed E-state index contributed by atoms with van der Waals surface area (Å²) in [6.07, 6.45) is 1.63. The van der Waals surface area contributed by atoms with Crippen molar-refractivity contribution < 1.29 is 12.8 Å². The van der Waals surface area contributed by atoms with Crippen LogP contribution < -0.4 is 10.2 Å². The number of hydrogen-bond acceptors (Lipinski definition) is 8. The van der Waals surface area contributed by atoms with E-state index in [1.165, 1.54) is 0 Å². The summed E-state index contributed by atoms with van der Waals surface area (Å²) < 4.78 is 36.9.